The SMILES string of the molecule is CCOC(=O)CCOC(=O)CCc1cc(-c2ccc(Cl)cn2)n(C)n1. The molecule has 0 bridgehead atoms. The van der Waals surface area contributed by atoms with E-state index in [0.29, 0.717) is 18.1 Å². The number of nitrogens with zero attached hydrogens (tertiary/aromatic N) is 3. The van der Waals surface area contributed by atoms with Crippen molar-refractivity contribution in [2.45, 2.75) is 26.2 Å². The minimum absolute atomic E-state index is 0.0276. The van der Waals surface area contributed by atoms with Crippen molar-refractivity contribution >= 4 is 23.5 Å². The van der Waals surface area contributed by atoms with Crippen LogP contribution in [0.5, 0.6) is 0 Å². The summed E-state index contributed by atoms with van der Waals surface area (Å²) in [6, 6.07) is 5.45. The second kappa shape index (κ2) is 9.17. The van der Waals surface area contributed by atoms with E-state index in [4.69, 9.17) is 21.1 Å². The largest absolute Gasteiger partial charge is 0.466 e. The van der Waals surface area contributed by atoms with Gasteiger partial charge in [0.2, 0.25) is 0 Å². The summed E-state index contributed by atoms with van der Waals surface area (Å²) in [6.45, 7) is 2.07. The van der Waals surface area contributed by atoms with Crippen LogP contribution in [0.2, 0.25) is 5.02 Å². The van der Waals surface area contributed by atoms with Crippen LogP contribution in [0.3, 0.4) is 0 Å². The van der Waals surface area contributed by atoms with E-state index in [1.54, 1.807) is 23.9 Å². The number of rotatable bonds is 8. The average molecular weight is 366 g/mol. The number of carbonyl (C=O) groups is 2. The van der Waals surface area contributed by atoms with Crippen molar-refractivity contribution in [1.82, 2.24) is 14.8 Å². The van der Waals surface area contributed by atoms with E-state index in [0.717, 1.165) is 17.1 Å². The number of hydrogen-bond donors (Lipinski definition) is 0. The predicted molar refractivity (Wildman–Crippen MR) is 92.0 cm³/mol. The minimum atomic E-state index is -0.375. The van der Waals surface area contributed by atoms with Crippen LogP contribution in [0.15, 0.2) is 24.4 Å². The van der Waals surface area contributed by atoms with Gasteiger partial charge in [0.1, 0.15) is 6.61 Å². The van der Waals surface area contributed by atoms with Crippen LogP contribution in [0, 0.1) is 0 Å². The molecule has 0 aliphatic rings. The number of esters is 2. The molecule has 0 saturated carbocycles. The lowest BCUT2D eigenvalue weighted by molar-refractivity contribution is -0.149. The molecule has 0 spiro atoms. The monoisotopic (exact) mass is 365 g/mol. The molecular formula is C17H20ClN3O4. The number of aromatic nitrogens is 3. The Bertz CT molecular complexity index is 728. The smallest absolute Gasteiger partial charge is 0.309 e. The third-order valence-corrected chi connectivity index (χ3v) is 3.60. The summed E-state index contributed by atoms with van der Waals surface area (Å²) in [6.07, 6.45) is 2.27. The Morgan fingerprint density at radius 3 is 2.64 bits per heavy atom. The number of ether oxygens (including phenoxy) is 2. The van der Waals surface area contributed by atoms with E-state index in [1.165, 1.54) is 0 Å². The number of hydrogen-bond acceptors (Lipinski definition) is 6. The van der Waals surface area contributed by atoms with Crippen molar-refractivity contribution in [3.63, 3.8) is 0 Å². The highest BCUT2D eigenvalue weighted by Gasteiger charge is 2.11. The quantitative estimate of drug-likeness (QED) is 0.668. The molecule has 134 valence electrons. The van der Waals surface area contributed by atoms with Gasteiger partial charge in [-0.25, -0.2) is 0 Å². The number of halogens is 1. The van der Waals surface area contributed by atoms with Gasteiger partial charge in [-0.3, -0.25) is 19.3 Å². The lowest BCUT2D eigenvalue weighted by Gasteiger charge is -2.04. The molecule has 0 aliphatic carbocycles. The maximum atomic E-state index is 11.7. The highest BCUT2D eigenvalue weighted by molar-refractivity contribution is 6.30. The summed E-state index contributed by atoms with van der Waals surface area (Å²) in [5, 5.41) is 4.94. The molecule has 0 aromatic carbocycles. The summed E-state index contributed by atoms with van der Waals surface area (Å²) >= 11 is 5.84. The van der Waals surface area contributed by atoms with Crippen LogP contribution < -0.4 is 0 Å². The molecule has 0 radical (unpaired) electrons. The van der Waals surface area contributed by atoms with E-state index in [1.807, 2.05) is 19.2 Å². The van der Waals surface area contributed by atoms with Crippen molar-refractivity contribution in [1.29, 1.82) is 0 Å². The topological polar surface area (TPSA) is 83.3 Å². The van der Waals surface area contributed by atoms with Gasteiger partial charge in [0, 0.05) is 19.7 Å². The molecule has 0 N–H and O–H groups in total. The fourth-order valence-corrected chi connectivity index (χ4v) is 2.31. The zero-order chi connectivity index (χ0) is 18.2. The Labute approximate surface area is 150 Å². The Hall–Kier alpha value is -2.41. The van der Waals surface area contributed by atoms with Gasteiger partial charge >= 0.3 is 11.9 Å². The number of carbonyl (C=O) groups excluding carboxylic acids is 2. The van der Waals surface area contributed by atoms with Crippen LogP contribution >= 0.6 is 11.6 Å². The third-order valence-electron chi connectivity index (χ3n) is 3.38. The maximum absolute atomic E-state index is 11.7. The maximum Gasteiger partial charge on any atom is 0.309 e. The summed E-state index contributed by atoms with van der Waals surface area (Å²) in [4.78, 5) is 27.1. The molecule has 0 atom stereocenters. The summed E-state index contributed by atoms with van der Waals surface area (Å²) in [7, 11) is 1.81. The van der Waals surface area contributed by atoms with Gasteiger partial charge in [-0.15, -0.1) is 0 Å². The Kier molecular flexibility index (Phi) is 6.94. The van der Waals surface area contributed by atoms with E-state index >= 15 is 0 Å². The fourth-order valence-electron chi connectivity index (χ4n) is 2.20. The lowest BCUT2D eigenvalue weighted by atomic mass is 10.2. The summed E-state index contributed by atoms with van der Waals surface area (Å²) in [5.41, 5.74) is 2.35. The second-order valence-corrected chi connectivity index (χ2v) is 5.72. The van der Waals surface area contributed by atoms with Crippen molar-refractivity contribution in [2.24, 2.45) is 7.05 Å². The molecule has 0 saturated heterocycles. The zero-order valence-corrected chi connectivity index (χ0v) is 15.0. The highest BCUT2D eigenvalue weighted by Crippen LogP contribution is 2.19. The average Bonchev–Trinajstić information content (AvgIpc) is 2.95. The van der Waals surface area contributed by atoms with Gasteiger partial charge in [0.15, 0.2) is 0 Å². The second-order valence-electron chi connectivity index (χ2n) is 5.28. The Morgan fingerprint density at radius 2 is 1.96 bits per heavy atom. The van der Waals surface area contributed by atoms with Gasteiger partial charge in [-0.2, -0.15) is 5.10 Å². The van der Waals surface area contributed by atoms with E-state index < -0.39 is 0 Å². The molecule has 25 heavy (non-hydrogen) atoms. The van der Waals surface area contributed by atoms with Gasteiger partial charge in [-0.05, 0) is 25.1 Å². The van der Waals surface area contributed by atoms with Gasteiger partial charge in [0.25, 0.3) is 0 Å². The fraction of sp³-hybridized carbons (Fsp3) is 0.412. The summed E-state index contributed by atoms with van der Waals surface area (Å²) < 4.78 is 11.5. The van der Waals surface area contributed by atoms with E-state index in [9.17, 15) is 9.59 Å². The molecule has 2 aromatic rings. The number of pyridine rings is 1. The molecule has 0 aliphatic heterocycles. The normalized spacial score (nSPS) is 10.5. The third kappa shape index (κ3) is 5.86. The first-order valence-electron chi connectivity index (χ1n) is 7.95. The summed E-state index contributed by atoms with van der Waals surface area (Å²) in [5.74, 6) is -0.749. The molecule has 0 unspecified atom stereocenters. The van der Waals surface area contributed by atoms with Crippen molar-refractivity contribution in [2.75, 3.05) is 13.2 Å². The van der Waals surface area contributed by atoms with Crippen LogP contribution in [-0.4, -0.2) is 39.9 Å². The van der Waals surface area contributed by atoms with Gasteiger partial charge < -0.3 is 9.47 Å². The zero-order valence-electron chi connectivity index (χ0n) is 14.2. The Balaban J connectivity index is 1.83. The Morgan fingerprint density at radius 1 is 1.20 bits per heavy atom. The molecular weight excluding hydrogens is 346 g/mol. The van der Waals surface area contributed by atoms with Crippen molar-refractivity contribution < 1.29 is 19.1 Å². The lowest BCUT2D eigenvalue weighted by Crippen LogP contribution is -2.12. The first kappa shape index (κ1) is 18.9. The molecule has 7 nitrogen and oxygen atoms in total. The van der Waals surface area contributed by atoms with E-state index in [2.05, 4.69) is 10.1 Å². The molecule has 0 amide bonds. The van der Waals surface area contributed by atoms with Gasteiger partial charge in [0.05, 0.1) is 41.6 Å². The number of aryl methyl sites for hydroxylation is 2. The first-order valence-corrected chi connectivity index (χ1v) is 8.33. The van der Waals surface area contributed by atoms with Crippen LogP contribution in [0.4, 0.5) is 0 Å². The van der Waals surface area contributed by atoms with Crippen LogP contribution in [0.1, 0.15) is 25.5 Å². The van der Waals surface area contributed by atoms with Crippen molar-refractivity contribution in [3.05, 3.63) is 35.1 Å². The molecule has 2 rings (SSSR count). The van der Waals surface area contributed by atoms with E-state index in [-0.39, 0.29) is 31.4 Å². The molecule has 0 fully saturated rings. The molecule has 8 heteroatoms. The van der Waals surface area contributed by atoms with Gasteiger partial charge in [-0.1, -0.05) is 11.6 Å². The van der Waals surface area contributed by atoms with Crippen LogP contribution in [-0.2, 0) is 32.5 Å². The molecule has 2 aromatic heterocycles. The standard InChI is InChI=1S/C17H20ClN3O4/c1-3-24-17(23)8-9-25-16(22)7-5-13-10-15(21(2)20-13)14-6-4-12(18)11-19-14/h4,6,10-11H,3,5,7-9H2,1-2H3. The molecule has 2 heterocycles. The van der Waals surface area contributed by atoms with Crippen molar-refractivity contribution in [3.8, 4) is 11.4 Å². The highest BCUT2D eigenvalue weighted by atomic mass is 35.5. The minimum Gasteiger partial charge on any atom is -0.466 e. The predicted octanol–water partition coefficient (Wildman–Crippen LogP) is 2.56. The first-order chi connectivity index (χ1) is 12.0. The van der Waals surface area contributed by atoms with Crippen LogP contribution in [0.25, 0.3) is 11.4 Å².